The van der Waals surface area contributed by atoms with Crippen LogP contribution in [0, 0.1) is 4.64 Å². The second kappa shape index (κ2) is 6.53. The van der Waals surface area contributed by atoms with Gasteiger partial charge < -0.3 is 9.30 Å². The monoisotopic (exact) mass is 312 g/mol. The van der Waals surface area contributed by atoms with E-state index in [9.17, 15) is 0 Å². The van der Waals surface area contributed by atoms with Gasteiger partial charge in [-0.15, -0.1) is 5.10 Å². The van der Waals surface area contributed by atoms with Crippen molar-refractivity contribution < 1.29 is 4.74 Å². The van der Waals surface area contributed by atoms with E-state index in [2.05, 4.69) is 10.3 Å². The average molecular weight is 312 g/mol. The van der Waals surface area contributed by atoms with Gasteiger partial charge in [0.25, 0.3) is 0 Å². The number of methoxy groups -OCH3 is 1. The smallest absolute Gasteiger partial charge is 0.153 e. The minimum atomic E-state index is 0.688. The molecule has 0 bridgehead atoms. The van der Waals surface area contributed by atoms with E-state index in [0.717, 1.165) is 11.3 Å². The van der Waals surface area contributed by atoms with Crippen molar-refractivity contribution in [3.05, 3.63) is 59.5 Å². The number of benzene rings is 1. The molecule has 3 aromatic rings. The summed E-state index contributed by atoms with van der Waals surface area (Å²) in [6.07, 6.45) is 3.89. The van der Waals surface area contributed by atoms with E-state index in [1.807, 2.05) is 64.1 Å². The van der Waals surface area contributed by atoms with Crippen LogP contribution in [0.1, 0.15) is 0 Å². The van der Waals surface area contributed by atoms with Gasteiger partial charge >= 0.3 is 0 Å². The molecule has 0 aliphatic carbocycles. The Balaban J connectivity index is 1.73. The van der Waals surface area contributed by atoms with Crippen LogP contribution < -0.4 is 4.74 Å². The molecule has 0 N–H and O–H groups in total. The number of hydrogen-bond donors (Lipinski definition) is 0. The van der Waals surface area contributed by atoms with Gasteiger partial charge in [0.15, 0.2) is 5.75 Å². The standard InChI is InChI=1S/C16H16N4OS/c1-21-15-8-5-9-19(16(15)22)10-11-20-12-14(17-18-20)13-6-3-2-4-7-13/h2-9,12H,10-11H2,1H3. The molecule has 0 saturated carbocycles. The number of nitrogens with zero attached hydrogens (tertiary/aromatic N) is 4. The van der Waals surface area contributed by atoms with E-state index in [0.29, 0.717) is 23.5 Å². The van der Waals surface area contributed by atoms with Gasteiger partial charge in [-0.05, 0) is 12.1 Å². The maximum Gasteiger partial charge on any atom is 0.153 e. The number of pyridine rings is 1. The lowest BCUT2D eigenvalue weighted by Crippen LogP contribution is -2.09. The summed E-state index contributed by atoms with van der Waals surface area (Å²) in [6, 6.07) is 13.8. The van der Waals surface area contributed by atoms with Gasteiger partial charge in [-0.2, -0.15) is 0 Å². The summed E-state index contributed by atoms with van der Waals surface area (Å²) < 4.78 is 9.72. The third-order valence-electron chi connectivity index (χ3n) is 3.38. The maximum absolute atomic E-state index is 5.38. The van der Waals surface area contributed by atoms with Crippen molar-refractivity contribution in [2.45, 2.75) is 13.1 Å². The summed E-state index contributed by atoms with van der Waals surface area (Å²) in [6.45, 7) is 1.41. The van der Waals surface area contributed by atoms with Gasteiger partial charge in [-0.3, -0.25) is 4.68 Å². The van der Waals surface area contributed by atoms with Gasteiger partial charge in [0.2, 0.25) is 0 Å². The Morgan fingerprint density at radius 2 is 1.91 bits per heavy atom. The van der Waals surface area contributed by atoms with Gasteiger partial charge in [0.1, 0.15) is 10.3 Å². The molecular weight excluding hydrogens is 296 g/mol. The fraction of sp³-hybridized carbons (Fsp3) is 0.188. The molecule has 0 fully saturated rings. The molecule has 1 aromatic carbocycles. The third-order valence-corrected chi connectivity index (χ3v) is 3.82. The molecule has 112 valence electrons. The van der Waals surface area contributed by atoms with E-state index < -0.39 is 0 Å². The minimum Gasteiger partial charge on any atom is -0.494 e. The molecular formula is C16H16N4OS. The summed E-state index contributed by atoms with van der Waals surface area (Å²) in [7, 11) is 1.62. The molecule has 0 aliphatic heterocycles. The zero-order valence-corrected chi connectivity index (χ0v) is 13.0. The van der Waals surface area contributed by atoms with E-state index in [1.54, 1.807) is 7.11 Å². The second-order valence-electron chi connectivity index (χ2n) is 4.81. The highest BCUT2D eigenvalue weighted by molar-refractivity contribution is 7.71. The molecule has 0 amide bonds. The van der Waals surface area contributed by atoms with Gasteiger partial charge in [0.05, 0.1) is 19.9 Å². The molecule has 0 radical (unpaired) electrons. The maximum atomic E-state index is 5.38. The normalized spacial score (nSPS) is 10.6. The van der Waals surface area contributed by atoms with Crippen molar-refractivity contribution in [2.24, 2.45) is 0 Å². The lowest BCUT2D eigenvalue weighted by atomic mass is 10.2. The number of ether oxygens (including phenoxy) is 1. The predicted molar refractivity (Wildman–Crippen MR) is 87.3 cm³/mol. The third kappa shape index (κ3) is 3.07. The summed E-state index contributed by atoms with van der Waals surface area (Å²) >= 11 is 5.38. The first-order valence-corrected chi connectivity index (χ1v) is 7.38. The van der Waals surface area contributed by atoms with Crippen LogP contribution >= 0.6 is 12.2 Å². The van der Waals surface area contributed by atoms with Crippen molar-refractivity contribution in [3.8, 4) is 17.0 Å². The molecule has 5 nitrogen and oxygen atoms in total. The molecule has 6 heteroatoms. The fourth-order valence-corrected chi connectivity index (χ4v) is 2.51. The van der Waals surface area contributed by atoms with Gasteiger partial charge in [-0.1, -0.05) is 47.8 Å². The Bertz CT molecular complexity index is 810. The lowest BCUT2D eigenvalue weighted by molar-refractivity contribution is 0.403. The zero-order chi connectivity index (χ0) is 15.4. The van der Waals surface area contributed by atoms with Crippen molar-refractivity contribution in [3.63, 3.8) is 0 Å². The summed E-state index contributed by atoms with van der Waals surface area (Å²) in [5, 5.41) is 8.38. The molecule has 0 unspecified atom stereocenters. The van der Waals surface area contributed by atoms with E-state index >= 15 is 0 Å². The highest BCUT2D eigenvalue weighted by atomic mass is 32.1. The average Bonchev–Trinajstić information content (AvgIpc) is 3.04. The van der Waals surface area contributed by atoms with Crippen LogP contribution in [-0.4, -0.2) is 26.7 Å². The SMILES string of the molecule is COc1cccn(CCn2cc(-c3ccccc3)nn2)c1=S. The Kier molecular flexibility index (Phi) is 4.29. The van der Waals surface area contributed by atoms with Crippen molar-refractivity contribution in [2.75, 3.05) is 7.11 Å². The Morgan fingerprint density at radius 1 is 1.09 bits per heavy atom. The molecule has 2 aromatic heterocycles. The summed E-state index contributed by atoms with van der Waals surface area (Å²) in [5.74, 6) is 0.709. The molecule has 3 rings (SSSR count). The minimum absolute atomic E-state index is 0.688. The van der Waals surface area contributed by atoms with Crippen molar-refractivity contribution >= 4 is 12.2 Å². The molecule has 2 heterocycles. The van der Waals surface area contributed by atoms with Crippen LogP contribution in [0.25, 0.3) is 11.3 Å². The molecule has 0 saturated heterocycles. The van der Waals surface area contributed by atoms with E-state index in [1.165, 1.54) is 0 Å². The van der Waals surface area contributed by atoms with E-state index in [4.69, 9.17) is 17.0 Å². The number of rotatable bonds is 5. The van der Waals surface area contributed by atoms with Crippen LogP contribution in [0.3, 0.4) is 0 Å². The van der Waals surface area contributed by atoms with Gasteiger partial charge in [0, 0.05) is 18.3 Å². The Morgan fingerprint density at radius 3 is 2.68 bits per heavy atom. The molecule has 0 spiro atoms. The quantitative estimate of drug-likeness (QED) is 0.679. The van der Waals surface area contributed by atoms with Crippen LogP contribution in [0.4, 0.5) is 0 Å². The second-order valence-corrected chi connectivity index (χ2v) is 5.19. The van der Waals surface area contributed by atoms with Crippen LogP contribution in [0.2, 0.25) is 0 Å². The van der Waals surface area contributed by atoms with Gasteiger partial charge in [-0.25, -0.2) is 0 Å². The Hall–Kier alpha value is -2.47. The number of aromatic nitrogens is 4. The highest BCUT2D eigenvalue weighted by Gasteiger charge is 2.04. The van der Waals surface area contributed by atoms with Crippen LogP contribution in [-0.2, 0) is 13.1 Å². The molecule has 0 aliphatic rings. The first-order valence-electron chi connectivity index (χ1n) is 6.97. The lowest BCUT2D eigenvalue weighted by Gasteiger charge is -2.09. The van der Waals surface area contributed by atoms with Crippen LogP contribution in [0.5, 0.6) is 5.75 Å². The first kappa shape index (κ1) is 14.5. The summed E-state index contributed by atoms with van der Waals surface area (Å²) in [5.41, 5.74) is 1.93. The highest BCUT2D eigenvalue weighted by Crippen LogP contribution is 2.15. The largest absolute Gasteiger partial charge is 0.494 e. The fourth-order valence-electron chi connectivity index (χ4n) is 2.21. The zero-order valence-electron chi connectivity index (χ0n) is 12.2. The first-order chi connectivity index (χ1) is 10.8. The number of aryl methyl sites for hydroxylation is 2. The van der Waals surface area contributed by atoms with Crippen molar-refractivity contribution in [1.29, 1.82) is 0 Å². The summed E-state index contributed by atoms with van der Waals surface area (Å²) in [4.78, 5) is 0. The van der Waals surface area contributed by atoms with Crippen molar-refractivity contribution in [1.82, 2.24) is 19.6 Å². The topological polar surface area (TPSA) is 44.9 Å². The number of hydrogen-bond acceptors (Lipinski definition) is 4. The Labute approximate surface area is 133 Å². The molecule has 22 heavy (non-hydrogen) atoms. The molecule has 0 atom stereocenters. The predicted octanol–water partition coefficient (Wildman–Crippen LogP) is 3.18. The van der Waals surface area contributed by atoms with Crippen LogP contribution in [0.15, 0.2) is 54.9 Å². The van der Waals surface area contributed by atoms with E-state index in [-0.39, 0.29) is 0 Å².